The summed E-state index contributed by atoms with van der Waals surface area (Å²) in [5.74, 6) is 0.688. The van der Waals surface area contributed by atoms with Crippen molar-refractivity contribution in [1.29, 1.82) is 0 Å². The zero-order chi connectivity index (χ0) is 19.8. The summed E-state index contributed by atoms with van der Waals surface area (Å²) in [5.41, 5.74) is 2.32. The summed E-state index contributed by atoms with van der Waals surface area (Å²) in [6, 6.07) is 13.9. The fourth-order valence-electron chi connectivity index (χ4n) is 2.64. The molecule has 0 aliphatic rings. The summed E-state index contributed by atoms with van der Waals surface area (Å²) in [7, 11) is 1.63. The molecular weight excluding hydrogens is 359 g/mol. The smallest absolute Gasteiger partial charge is 0.254 e. The average molecular weight is 380 g/mol. The van der Waals surface area contributed by atoms with Crippen LogP contribution in [0.1, 0.15) is 21.5 Å². The van der Waals surface area contributed by atoms with Crippen LogP contribution < -0.4 is 15.4 Å². The van der Waals surface area contributed by atoms with Gasteiger partial charge in [-0.15, -0.1) is 0 Å². The Morgan fingerprint density at radius 1 is 1.07 bits per heavy atom. The number of halogens is 1. The van der Waals surface area contributed by atoms with Crippen molar-refractivity contribution in [2.24, 2.45) is 0 Å². The Balaban J connectivity index is 1.48. The Morgan fingerprint density at radius 2 is 1.79 bits per heavy atom. The van der Waals surface area contributed by atoms with Gasteiger partial charge in [0.25, 0.3) is 5.91 Å². The maximum Gasteiger partial charge on any atom is 0.254 e. The van der Waals surface area contributed by atoms with E-state index in [4.69, 9.17) is 4.74 Å². The van der Waals surface area contributed by atoms with Crippen LogP contribution in [-0.4, -0.2) is 29.5 Å². The van der Waals surface area contributed by atoms with Crippen molar-refractivity contribution in [2.75, 3.05) is 19.0 Å². The van der Waals surface area contributed by atoms with Crippen LogP contribution in [0.5, 0.6) is 5.75 Å². The molecule has 0 bridgehead atoms. The van der Waals surface area contributed by atoms with Crippen LogP contribution in [0.4, 0.5) is 10.3 Å². The lowest BCUT2D eigenvalue weighted by Crippen LogP contribution is -2.26. The molecule has 0 aliphatic carbocycles. The van der Waals surface area contributed by atoms with Crippen LogP contribution in [0.3, 0.4) is 0 Å². The topological polar surface area (TPSA) is 76.1 Å². The fraction of sp³-hybridized carbons (Fsp3) is 0.190. The van der Waals surface area contributed by atoms with Crippen LogP contribution in [0.25, 0.3) is 0 Å². The van der Waals surface area contributed by atoms with Gasteiger partial charge in [-0.2, -0.15) is 0 Å². The predicted molar refractivity (Wildman–Crippen MR) is 105 cm³/mol. The zero-order valence-electron chi connectivity index (χ0n) is 15.5. The number of benzene rings is 2. The van der Waals surface area contributed by atoms with Crippen LogP contribution in [0.2, 0.25) is 0 Å². The standard InChI is InChI=1S/C21H21FN4O2/c1-28-19-5-3-2-4-16(19)10-11-23-20(27)17-13-25-21(26-14-17)24-12-15-6-8-18(22)9-7-15/h2-9,13-14H,10-12H2,1H3,(H,23,27)(H,24,25,26). The number of hydrogen-bond donors (Lipinski definition) is 2. The molecule has 2 aromatic carbocycles. The van der Waals surface area contributed by atoms with E-state index in [1.54, 1.807) is 19.2 Å². The number of rotatable bonds is 8. The first-order valence-electron chi connectivity index (χ1n) is 8.86. The van der Waals surface area contributed by atoms with E-state index in [-0.39, 0.29) is 11.7 Å². The Labute approximate surface area is 162 Å². The predicted octanol–water partition coefficient (Wildman–Crippen LogP) is 3.21. The van der Waals surface area contributed by atoms with Gasteiger partial charge >= 0.3 is 0 Å². The van der Waals surface area contributed by atoms with Gasteiger partial charge in [-0.1, -0.05) is 30.3 Å². The third-order valence-electron chi connectivity index (χ3n) is 4.15. The van der Waals surface area contributed by atoms with E-state index in [1.165, 1.54) is 24.5 Å². The molecule has 3 rings (SSSR count). The number of nitrogens with zero attached hydrogens (tertiary/aromatic N) is 2. The second kappa shape index (κ2) is 9.45. The second-order valence-corrected chi connectivity index (χ2v) is 6.09. The van der Waals surface area contributed by atoms with E-state index >= 15 is 0 Å². The number of anilines is 1. The first kappa shape index (κ1) is 19.3. The molecular formula is C21H21FN4O2. The van der Waals surface area contributed by atoms with Crippen molar-refractivity contribution in [3.63, 3.8) is 0 Å². The summed E-state index contributed by atoms with van der Waals surface area (Å²) in [6.07, 6.45) is 3.60. The number of ether oxygens (including phenoxy) is 1. The molecule has 144 valence electrons. The molecule has 0 unspecified atom stereocenters. The summed E-state index contributed by atoms with van der Waals surface area (Å²) in [5, 5.41) is 5.88. The number of nitrogens with one attached hydrogen (secondary N) is 2. The van der Waals surface area contributed by atoms with Crippen LogP contribution in [0.15, 0.2) is 60.9 Å². The summed E-state index contributed by atoms with van der Waals surface area (Å²) < 4.78 is 18.2. The van der Waals surface area contributed by atoms with Crippen LogP contribution in [-0.2, 0) is 13.0 Å². The van der Waals surface area contributed by atoms with Crippen LogP contribution in [0, 0.1) is 5.82 Å². The number of carbonyl (C=O) groups excluding carboxylic acids is 1. The summed E-state index contributed by atoms with van der Waals surface area (Å²) in [6.45, 7) is 0.939. The van der Waals surface area contributed by atoms with Gasteiger partial charge in [-0.25, -0.2) is 14.4 Å². The fourth-order valence-corrected chi connectivity index (χ4v) is 2.64. The molecule has 0 radical (unpaired) electrons. The molecule has 1 heterocycles. The molecule has 1 aromatic heterocycles. The molecule has 2 N–H and O–H groups in total. The van der Waals surface area contributed by atoms with Crippen molar-refractivity contribution in [1.82, 2.24) is 15.3 Å². The van der Waals surface area contributed by atoms with E-state index < -0.39 is 0 Å². The highest BCUT2D eigenvalue weighted by Gasteiger charge is 2.08. The molecule has 1 amide bonds. The molecule has 0 saturated heterocycles. The van der Waals surface area contributed by atoms with Crippen molar-refractivity contribution in [2.45, 2.75) is 13.0 Å². The zero-order valence-corrected chi connectivity index (χ0v) is 15.5. The number of carbonyl (C=O) groups is 1. The summed E-state index contributed by atoms with van der Waals surface area (Å²) >= 11 is 0. The molecule has 6 nitrogen and oxygen atoms in total. The van der Waals surface area contributed by atoms with E-state index in [0.29, 0.717) is 31.0 Å². The van der Waals surface area contributed by atoms with Crippen molar-refractivity contribution < 1.29 is 13.9 Å². The Morgan fingerprint density at radius 3 is 2.50 bits per heavy atom. The summed E-state index contributed by atoms with van der Waals surface area (Å²) in [4.78, 5) is 20.5. The van der Waals surface area contributed by atoms with Gasteiger partial charge in [0, 0.05) is 25.5 Å². The lowest BCUT2D eigenvalue weighted by Gasteiger charge is -2.09. The van der Waals surface area contributed by atoms with E-state index in [2.05, 4.69) is 20.6 Å². The van der Waals surface area contributed by atoms with Gasteiger partial charge in [0.05, 0.1) is 12.7 Å². The molecule has 0 spiro atoms. The minimum Gasteiger partial charge on any atom is -0.496 e. The van der Waals surface area contributed by atoms with E-state index in [9.17, 15) is 9.18 Å². The minimum absolute atomic E-state index is 0.236. The van der Waals surface area contributed by atoms with Gasteiger partial charge in [0.2, 0.25) is 5.95 Å². The number of amides is 1. The highest BCUT2D eigenvalue weighted by atomic mass is 19.1. The van der Waals surface area contributed by atoms with E-state index in [0.717, 1.165) is 16.9 Å². The third kappa shape index (κ3) is 5.26. The molecule has 0 saturated carbocycles. The van der Waals surface area contributed by atoms with Gasteiger partial charge in [0.1, 0.15) is 11.6 Å². The van der Waals surface area contributed by atoms with Crippen molar-refractivity contribution in [3.05, 3.63) is 83.4 Å². The monoisotopic (exact) mass is 380 g/mol. The lowest BCUT2D eigenvalue weighted by atomic mass is 10.1. The molecule has 7 heteroatoms. The Bertz CT molecular complexity index is 914. The first-order chi connectivity index (χ1) is 13.7. The first-order valence-corrected chi connectivity index (χ1v) is 8.86. The maximum atomic E-state index is 12.9. The highest BCUT2D eigenvalue weighted by molar-refractivity contribution is 5.93. The van der Waals surface area contributed by atoms with Gasteiger partial charge in [-0.05, 0) is 35.7 Å². The number of para-hydroxylation sites is 1. The molecule has 0 atom stereocenters. The molecule has 0 aliphatic heterocycles. The van der Waals surface area contributed by atoms with Gasteiger partial charge < -0.3 is 15.4 Å². The Hall–Kier alpha value is -3.48. The van der Waals surface area contributed by atoms with Crippen molar-refractivity contribution >= 4 is 11.9 Å². The second-order valence-electron chi connectivity index (χ2n) is 6.09. The number of methoxy groups -OCH3 is 1. The number of aromatic nitrogens is 2. The SMILES string of the molecule is COc1ccccc1CCNC(=O)c1cnc(NCc2ccc(F)cc2)nc1. The van der Waals surface area contributed by atoms with Gasteiger partial charge in [-0.3, -0.25) is 4.79 Å². The molecule has 28 heavy (non-hydrogen) atoms. The largest absolute Gasteiger partial charge is 0.496 e. The highest BCUT2D eigenvalue weighted by Crippen LogP contribution is 2.17. The van der Waals surface area contributed by atoms with Crippen LogP contribution >= 0.6 is 0 Å². The minimum atomic E-state index is -0.277. The van der Waals surface area contributed by atoms with Gasteiger partial charge in [0.15, 0.2) is 0 Å². The van der Waals surface area contributed by atoms with Crippen molar-refractivity contribution in [3.8, 4) is 5.75 Å². The third-order valence-corrected chi connectivity index (χ3v) is 4.15. The normalized spacial score (nSPS) is 10.4. The lowest BCUT2D eigenvalue weighted by molar-refractivity contribution is 0.0953. The maximum absolute atomic E-state index is 12.9. The average Bonchev–Trinajstić information content (AvgIpc) is 2.74. The number of hydrogen-bond acceptors (Lipinski definition) is 5. The van der Waals surface area contributed by atoms with E-state index in [1.807, 2.05) is 24.3 Å². The molecule has 3 aromatic rings. The molecule has 0 fully saturated rings. The Kier molecular flexibility index (Phi) is 6.51. The quantitative estimate of drug-likeness (QED) is 0.628.